The van der Waals surface area contributed by atoms with E-state index in [1.807, 2.05) is 25.7 Å². The highest BCUT2D eigenvalue weighted by Gasteiger charge is 2.24. The van der Waals surface area contributed by atoms with Crippen molar-refractivity contribution in [3.63, 3.8) is 0 Å². The average molecular weight is 442 g/mol. The molecule has 26 heavy (non-hydrogen) atoms. The Hall–Kier alpha value is -1.01. The second-order valence-electron chi connectivity index (χ2n) is 6.79. The number of halogens is 1. The lowest BCUT2D eigenvalue weighted by atomic mass is 9.94. The van der Waals surface area contributed by atoms with Gasteiger partial charge in [0.05, 0.1) is 5.75 Å². The number of benzene rings is 1. The van der Waals surface area contributed by atoms with Crippen LogP contribution < -0.4 is 0 Å². The molecule has 2 rings (SSSR count). The van der Waals surface area contributed by atoms with Gasteiger partial charge in [0.2, 0.25) is 0 Å². The number of rotatable bonds is 7. The summed E-state index contributed by atoms with van der Waals surface area (Å²) in [6.45, 7) is 6.55. The molecular weight excluding hydrogens is 414 g/mol. The molecule has 1 fully saturated rings. The van der Waals surface area contributed by atoms with E-state index in [4.69, 9.17) is 4.74 Å². The number of esters is 1. The zero-order valence-electron chi connectivity index (χ0n) is 15.8. The molecule has 1 aliphatic rings. The predicted octanol–water partition coefficient (Wildman–Crippen LogP) is 4.88. The third kappa shape index (κ3) is 6.02. The minimum Gasteiger partial charge on any atom is -0.455 e. The molecule has 0 aliphatic heterocycles. The van der Waals surface area contributed by atoms with E-state index < -0.39 is 0 Å². The predicted molar refractivity (Wildman–Crippen MR) is 110 cm³/mol. The average Bonchev–Trinajstić information content (AvgIpc) is 2.63. The van der Waals surface area contributed by atoms with Crippen molar-refractivity contribution in [3.05, 3.63) is 27.7 Å². The summed E-state index contributed by atoms with van der Waals surface area (Å²) >= 11 is 4.96. The quantitative estimate of drug-likeness (QED) is 0.446. The highest BCUT2D eigenvalue weighted by atomic mass is 79.9. The SMILES string of the molecule is CCN(C(=O)COC(=O)CSc1cc(C)c(Br)cc1C)C1CCCCC1. The van der Waals surface area contributed by atoms with Gasteiger partial charge in [-0.25, -0.2) is 0 Å². The van der Waals surface area contributed by atoms with Crippen LogP contribution in [0.3, 0.4) is 0 Å². The van der Waals surface area contributed by atoms with Crippen molar-refractivity contribution in [3.8, 4) is 0 Å². The lowest BCUT2D eigenvalue weighted by molar-refractivity contribution is -0.151. The highest BCUT2D eigenvalue weighted by molar-refractivity contribution is 9.10. The molecule has 0 saturated heterocycles. The Balaban J connectivity index is 1.80. The second-order valence-corrected chi connectivity index (χ2v) is 8.66. The van der Waals surface area contributed by atoms with Gasteiger partial charge < -0.3 is 9.64 Å². The van der Waals surface area contributed by atoms with Gasteiger partial charge >= 0.3 is 5.97 Å². The molecule has 1 aromatic carbocycles. The molecule has 0 aromatic heterocycles. The van der Waals surface area contributed by atoms with Gasteiger partial charge in [0.1, 0.15) is 0 Å². The van der Waals surface area contributed by atoms with Gasteiger partial charge in [-0.3, -0.25) is 9.59 Å². The van der Waals surface area contributed by atoms with Crippen molar-refractivity contribution in [2.45, 2.75) is 63.8 Å². The lowest BCUT2D eigenvalue weighted by Crippen LogP contribution is -2.43. The Labute approximate surface area is 169 Å². The number of carbonyl (C=O) groups is 2. The van der Waals surface area contributed by atoms with Crippen LogP contribution in [0.25, 0.3) is 0 Å². The Kier molecular flexibility index (Phi) is 8.48. The fourth-order valence-corrected chi connectivity index (χ4v) is 4.71. The van der Waals surface area contributed by atoms with E-state index in [0.29, 0.717) is 12.6 Å². The monoisotopic (exact) mass is 441 g/mol. The van der Waals surface area contributed by atoms with Crippen molar-refractivity contribution >= 4 is 39.6 Å². The second kappa shape index (κ2) is 10.4. The maximum absolute atomic E-state index is 12.4. The van der Waals surface area contributed by atoms with Gasteiger partial charge in [0, 0.05) is 22.0 Å². The molecule has 1 saturated carbocycles. The molecule has 0 radical (unpaired) electrons. The topological polar surface area (TPSA) is 46.6 Å². The molecule has 1 aliphatic carbocycles. The first kappa shape index (κ1) is 21.3. The summed E-state index contributed by atoms with van der Waals surface area (Å²) in [5, 5.41) is 0. The van der Waals surface area contributed by atoms with Gasteiger partial charge in [-0.2, -0.15) is 0 Å². The molecular formula is C20H28BrNO3S. The first-order valence-electron chi connectivity index (χ1n) is 9.27. The van der Waals surface area contributed by atoms with Crippen molar-refractivity contribution in [2.75, 3.05) is 18.9 Å². The minimum absolute atomic E-state index is 0.0755. The Morgan fingerprint density at radius 2 is 1.88 bits per heavy atom. The van der Waals surface area contributed by atoms with Crippen LogP contribution in [-0.4, -0.2) is 41.7 Å². The van der Waals surface area contributed by atoms with Gasteiger partial charge in [-0.05, 0) is 56.9 Å². The van der Waals surface area contributed by atoms with Crippen LogP contribution in [0, 0.1) is 13.8 Å². The first-order chi connectivity index (χ1) is 12.4. The molecule has 0 heterocycles. The van der Waals surface area contributed by atoms with Crippen molar-refractivity contribution in [1.29, 1.82) is 0 Å². The van der Waals surface area contributed by atoms with Crippen LogP contribution in [0.5, 0.6) is 0 Å². The van der Waals surface area contributed by atoms with Crippen LogP contribution in [0.1, 0.15) is 50.2 Å². The summed E-state index contributed by atoms with van der Waals surface area (Å²) in [5.74, 6) is -0.207. The van der Waals surface area contributed by atoms with E-state index in [1.54, 1.807) is 0 Å². The Bertz CT molecular complexity index is 644. The normalized spacial score (nSPS) is 14.9. The molecule has 4 nitrogen and oxygen atoms in total. The molecule has 1 amide bonds. The summed E-state index contributed by atoms with van der Waals surface area (Å²) in [5.41, 5.74) is 2.25. The molecule has 0 bridgehead atoms. The Morgan fingerprint density at radius 1 is 1.19 bits per heavy atom. The number of likely N-dealkylation sites (N-methyl/N-ethyl adjacent to an activating group) is 1. The zero-order valence-corrected chi connectivity index (χ0v) is 18.2. The van der Waals surface area contributed by atoms with Crippen LogP contribution in [0.2, 0.25) is 0 Å². The van der Waals surface area contributed by atoms with Crippen LogP contribution in [0.15, 0.2) is 21.5 Å². The van der Waals surface area contributed by atoms with E-state index in [2.05, 4.69) is 28.1 Å². The number of ether oxygens (including phenoxy) is 1. The number of thioether (sulfide) groups is 1. The van der Waals surface area contributed by atoms with E-state index in [9.17, 15) is 9.59 Å². The number of nitrogens with zero attached hydrogens (tertiary/aromatic N) is 1. The summed E-state index contributed by atoms with van der Waals surface area (Å²) in [4.78, 5) is 27.4. The highest BCUT2D eigenvalue weighted by Crippen LogP contribution is 2.28. The van der Waals surface area contributed by atoms with Gasteiger partial charge in [-0.15, -0.1) is 11.8 Å². The van der Waals surface area contributed by atoms with Crippen LogP contribution in [0.4, 0.5) is 0 Å². The smallest absolute Gasteiger partial charge is 0.316 e. The summed E-state index contributed by atoms with van der Waals surface area (Å²) in [6.07, 6.45) is 5.73. The standard InChI is InChI=1S/C20H28BrNO3S/c1-4-22(16-8-6-5-7-9-16)19(23)12-25-20(24)13-26-18-11-14(2)17(21)10-15(18)3/h10-11,16H,4-9,12-13H2,1-3H3. The molecule has 0 N–H and O–H groups in total. The number of aryl methyl sites for hydroxylation is 2. The number of amides is 1. The fraction of sp³-hybridized carbons (Fsp3) is 0.600. The maximum atomic E-state index is 12.4. The molecule has 6 heteroatoms. The lowest BCUT2D eigenvalue weighted by Gasteiger charge is -2.33. The number of carbonyl (C=O) groups excluding carboxylic acids is 2. The van der Waals surface area contributed by atoms with Gasteiger partial charge in [0.15, 0.2) is 6.61 Å². The van der Waals surface area contributed by atoms with E-state index in [1.165, 1.54) is 31.0 Å². The minimum atomic E-state index is -0.344. The molecule has 0 spiro atoms. The summed E-state index contributed by atoms with van der Waals surface area (Å²) < 4.78 is 6.30. The van der Waals surface area contributed by atoms with Crippen molar-refractivity contribution < 1.29 is 14.3 Å². The van der Waals surface area contributed by atoms with Crippen molar-refractivity contribution in [1.82, 2.24) is 4.90 Å². The van der Waals surface area contributed by atoms with Crippen LogP contribution >= 0.6 is 27.7 Å². The van der Waals surface area contributed by atoms with Crippen molar-refractivity contribution in [2.24, 2.45) is 0 Å². The Morgan fingerprint density at radius 3 is 2.54 bits per heavy atom. The molecule has 0 unspecified atom stereocenters. The fourth-order valence-electron chi connectivity index (χ4n) is 3.34. The molecule has 1 aromatic rings. The molecule has 0 atom stereocenters. The summed E-state index contributed by atoms with van der Waals surface area (Å²) in [7, 11) is 0. The maximum Gasteiger partial charge on any atom is 0.316 e. The summed E-state index contributed by atoms with van der Waals surface area (Å²) in [6, 6.07) is 4.42. The van der Waals surface area contributed by atoms with E-state index in [0.717, 1.165) is 33.3 Å². The third-order valence-corrected chi connectivity index (χ3v) is 6.82. The van der Waals surface area contributed by atoms with Gasteiger partial charge in [-0.1, -0.05) is 35.2 Å². The van der Waals surface area contributed by atoms with E-state index >= 15 is 0 Å². The first-order valence-corrected chi connectivity index (χ1v) is 11.0. The van der Waals surface area contributed by atoms with Gasteiger partial charge in [0.25, 0.3) is 5.91 Å². The largest absolute Gasteiger partial charge is 0.455 e. The number of hydrogen-bond donors (Lipinski definition) is 0. The molecule has 144 valence electrons. The zero-order chi connectivity index (χ0) is 19.1. The number of hydrogen-bond acceptors (Lipinski definition) is 4. The van der Waals surface area contributed by atoms with E-state index in [-0.39, 0.29) is 24.2 Å². The third-order valence-electron chi connectivity index (χ3n) is 4.83. The van der Waals surface area contributed by atoms with Crippen LogP contribution in [-0.2, 0) is 14.3 Å².